The molecule has 3 rings (SSSR count). The number of likely N-dealkylation sites (tertiary alicyclic amines) is 1. The molecule has 1 aromatic carbocycles. The second kappa shape index (κ2) is 6.87. The van der Waals surface area contributed by atoms with Gasteiger partial charge in [0, 0.05) is 18.3 Å². The van der Waals surface area contributed by atoms with Crippen molar-refractivity contribution in [2.24, 2.45) is 5.92 Å². The Morgan fingerprint density at radius 3 is 2.65 bits per heavy atom. The van der Waals surface area contributed by atoms with Crippen molar-refractivity contribution in [3.05, 3.63) is 47.9 Å². The lowest BCUT2D eigenvalue weighted by Gasteiger charge is -2.29. The number of hydrogen-bond acceptors (Lipinski definition) is 4. The first-order chi connectivity index (χ1) is 11.1. The highest BCUT2D eigenvalue weighted by Gasteiger charge is 2.18. The Kier molecular flexibility index (Phi) is 4.67. The molecule has 5 heteroatoms. The zero-order valence-corrected chi connectivity index (χ0v) is 13.3. The van der Waals surface area contributed by atoms with Crippen LogP contribution in [0.4, 0.5) is 0 Å². The van der Waals surface area contributed by atoms with Gasteiger partial charge < -0.3 is 10.0 Å². The van der Waals surface area contributed by atoms with E-state index in [1.807, 2.05) is 6.20 Å². The number of nitrogens with zero attached hydrogens (tertiary/aromatic N) is 3. The van der Waals surface area contributed by atoms with E-state index in [1.54, 1.807) is 30.5 Å². The van der Waals surface area contributed by atoms with E-state index in [1.165, 1.54) is 19.4 Å². The summed E-state index contributed by atoms with van der Waals surface area (Å²) >= 11 is 0. The molecule has 0 bridgehead atoms. The molecule has 2 heterocycles. The highest BCUT2D eigenvalue weighted by molar-refractivity contribution is 5.88. The topological polar surface area (TPSA) is 66.3 Å². The van der Waals surface area contributed by atoms with Gasteiger partial charge in [0.05, 0.1) is 23.1 Å². The molecule has 0 spiro atoms. The Labute approximate surface area is 136 Å². The van der Waals surface area contributed by atoms with Crippen LogP contribution in [0.5, 0.6) is 0 Å². The first-order valence-electron chi connectivity index (χ1n) is 7.95. The molecule has 1 unspecified atom stereocenters. The zero-order chi connectivity index (χ0) is 16.2. The molecule has 0 amide bonds. The van der Waals surface area contributed by atoms with Crippen molar-refractivity contribution in [2.45, 2.75) is 19.3 Å². The summed E-state index contributed by atoms with van der Waals surface area (Å²) in [6.45, 7) is 2.31. The minimum atomic E-state index is -0.921. The van der Waals surface area contributed by atoms with Gasteiger partial charge in [0.1, 0.15) is 0 Å². The molecule has 1 fully saturated rings. The van der Waals surface area contributed by atoms with Gasteiger partial charge >= 0.3 is 5.97 Å². The second-order valence-corrected chi connectivity index (χ2v) is 6.25. The first-order valence-corrected chi connectivity index (χ1v) is 7.95. The third kappa shape index (κ3) is 3.93. The quantitative estimate of drug-likeness (QED) is 0.940. The Bertz CT molecular complexity index is 668. The van der Waals surface area contributed by atoms with Crippen LogP contribution in [0.15, 0.2) is 36.7 Å². The van der Waals surface area contributed by atoms with Crippen LogP contribution in [-0.2, 0) is 6.42 Å². The monoisotopic (exact) mass is 311 g/mol. The van der Waals surface area contributed by atoms with Crippen LogP contribution in [0.25, 0.3) is 11.3 Å². The largest absolute Gasteiger partial charge is 0.478 e. The van der Waals surface area contributed by atoms with Gasteiger partial charge in [-0.25, -0.2) is 4.79 Å². The van der Waals surface area contributed by atoms with Crippen LogP contribution in [0.2, 0.25) is 0 Å². The van der Waals surface area contributed by atoms with Crippen molar-refractivity contribution in [3.63, 3.8) is 0 Å². The predicted molar refractivity (Wildman–Crippen MR) is 88.4 cm³/mol. The van der Waals surface area contributed by atoms with E-state index >= 15 is 0 Å². The molecule has 1 saturated heterocycles. The summed E-state index contributed by atoms with van der Waals surface area (Å²) < 4.78 is 0. The summed E-state index contributed by atoms with van der Waals surface area (Å²) in [5.41, 5.74) is 2.95. The van der Waals surface area contributed by atoms with Crippen molar-refractivity contribution >= 4 is 5.97 Å². The van der Waals surface area contributed by atoms with E-state index in [0.717, 1.165) is 29.9 Å². The Morgan fingerprint density at radius 2 is 2.04 bits per heavy atom. The smallest absolute Gasteiger partial charge is 0.335 e. The number of hydrogen-bond donors (Lipinski definition) is 1. The average Bonchev–Trinajstić information content (AvgIpc) is 2.56. The molecule has 1 aromatic heterocycles. The van der Waals surface area contributed by atoms with Crippen LogP contribution in [-0.4, -0.2) is 46.1 Å². The second-order valence-electron chi connectivity index (χ2n) is 6.25. The van der Waals surface area contributed by atoms with E-state index in [0.29, 0.717) is 5.92 Å². The molecule has 1 aliphatic rings. The van der Waals surface area contributed by atoms with Crippen molar-refractivity contribution in [2.75, 3.05) is 20.1 Å². The lowest BCUT2D eigenvalue weighted by molar-refractivity contribution is 0.0697. The van der Waals surface area contributed by atoms with Crippen molar-refractivity contribution in [1.29, 1.82) is 0 Å². The molecule has 0 radical (unpaired) electrons. The van der Waals surface area contributed by atoms with Crippen molar-refractivity contribution < 1.29 is 9.90 Å². The SMILES string of the molecule is CN1CCCC(Cc2cnc(-c3ccc(C(=O)O)cc3)cn2)C1. The summed E-state index contributed by atoms with van der Waals surface area (Å²) in [6, 6.07) is 6.71. The molecule has 0 saturated carbocycles. The van der Waals surface area contributed by atoms with Gasteiger partial charge in [-0.15, -0.1) is 0 Å². The molecule has 1 atom stereocenters. The van der Waals surface area contributed by atoms with Crippen molar-refractivity contribution in [3.8, 4) is 11.3 Å². The van der Waals surface area contributed by atoms with E-state index < -0.39 is 5.97 Å². The maximum Gasteiger partial charge on any atom is 0.335 e. The Balaban J connectivity index is 1.68. The van der Waals surface area contributed by atoms with E-state index in [2.05, 4.69) is 21.9 Å². The maximum atomic E-state index is 10.9. The normalized spacial score (nSPS) is 18.7. The van der Waals surface area contributed by atoms with Gasteiger partial charge in [0.25, 0.3) is 0 Å². The Morgan fingerprint density at radius 1 is 1.26 bits per heavy atom. The molecule has 120 valence electrons. The van der Waals surface area contributed by atoms with Gasteiger partial charge in [-0.05, 0) is 50.9 Å². The fourth-order valence-electron chi connectivity index (χ4n) is 3.13. The summed E-state index contributed by atoms with van der Waals surface area (Å²) in [7, 11) is 2.17. The maximum absolute atomic E-state index is 10.9. The third-order valence-electron chi connectivity index (χ3n) is 4.35. The zero-order valence-electron chi connectivity index (χ0n) is 13.3. The van der Waals surface area contributed by atoms with Gasteiger partial charge in [-0.3, -0.25) is 9.97 Å². The number of aromatic nitrogens is 2. The highest BCUT2D eigenvalue weighted by atomic mass is 16.4. The predicted octanol–water partition coefficient (Wildman–Crippen LogP) is 2.73. The molecule has 23 heavy (non-hydrogen) atoms. The number of piperidine rings is 1. The third-order valence-corrected chi connectivity index (χ3v) is 4.35. The van der Waals surface area contributed by atoms with Crippen LogP contribution >= 0.6 is 0 Å². The van der Waals surface area contributed by atoms with E-state index in [9.17, 15) is 4.79 Å². The Hall–Kier alpha value is -2.27. The fraction of sp³-hybridized carbons (Fsp3) is 0.389. The van der Waals surface area contributed by atoms with E-state index in [4.69, 9.17) is 5.11 Å². The summed E-state index contributed by atoms with van der Waals surface area (Å²) in [5, 5.41) is 8.93. The van der Waals surface area contributed by atoms with Crippen LogP contribution in [0.3, 0.4) is 0 Å². The number of benzene rings is 1. The molecule has 0 aliphatic carbocycles. The highest BCUT2D eigenvalue weighted by Crippen LogP contribution is 2.20. The number of rotatable bonds is 4. The standard InChI is InChI=1S/C18H21N3O2/c1-21-8-2-3-13(12-21)9-16-10-20-17(11-19-16)14-4-6-15(7-5-14)18(22)23/h4-7,10-11,13H,2-3,8-9,12H2,1H3,(H,22,23). The average molecular weight is 311 g/mol. The number of aromatic carboxylic acids is 1. The molecule has 5 nitrogen and oxygen atoms in total. The summed E-state index contributed by atoms with van der Waals surface area (Å²) in [4.78, 5) is 22.3. The van der Waals surface area contributed by atoms with Crippen LogP contribution < -0.4 is 0 Å². The molecule has 2 aromatic rings. The minimum Gasteiger partial charge on any atom is -0.478 e. The molecule has 1 N–H and O–H groups in total. The lowest BCUT2D eigenvalue weighted by atomic mass is 9.94. The van der Waals surface area contributed by atoms with Gasteiger partial charge in [0.15, 0.2) is 0 Å². The van der Waals surface area contributed by atoms with Crippen LogP contribution in [0.1, 0.15) is 28.9 Å². The lowest BCUT2D eigenvalue weighted by Crippen LogP contribution is -2.33. The number of carboxylic acid groups (broad SMARTS) is 1. The number of carboxylic acids is 1. The molecule has 1 aliphatic heterocycles. The number of carbonyl (C=O) groups is 1. The van der Waals surface area contributed by atoms with Crippen molar-refractivity contribution in [1.82, 2.24) is 14.9 Å². The van der Waals surface area contributed by atoms with Gasteiger partial charge in [-0.1, -0.05) is 12.1 Å². The minimum absolute atomic E-state index is 0.278. The fourth-order valence-corrected chi connectivity index (χ4v) is 3.13. The van der Waals surface area contributed by atoms with Gasteiger partial charge in [-0.2, -0.15) is 0 Å². The van der Waals surface area contributed by atoms with Crippen LogP contribution in [0, 0.1) is 5.92 Å². The summed E-state index contributed by atoms with van der Waals surface area (Å²) in [5.74, 6) is -0.265. The summed E-state index contributed by atoms with van der Waals surface area (Å²) in [6.07, 6.45) is 7.09. The molecular formula is C18H21N3O2. The molecular weight excluding hydrogens is 290 g/mol. The van der Waals surface area contributed by atoms with E-state index in [-0.39, 0.29) is 5.56 Å². The first kappa shape index (κ1) is 15.6. The van der Waals surface area contributed by atoms with Gasteiger partial charge in [0.2, 0.25) is 0 Å².